The fraction of sp³-hybridized carbons (Fsp3) is 0.941. The van der Waals surface area contributed by atoms with Crippen molar-refractivity contribution >= 4 is 21.8 Å². The third kappa shape index (κ3) is 2.07. The fourth-order valence-corrected chi connectivity index (χ4v) is 6.30. The number of carbonyl (C=O) groups is 1. The van der Waals surface area contributed by atoms with Gasteiger partial charge in [-0.25, -0.2) is 0 Å². The molecule has 0 aromatic rings. The van der Waals surface area contributed by atoms with E-state index in [1.54, 1.807) is 0 Å². The van der Waals surface area contributed by atoms with Crippen molar-refractivity contribution < 1.29 is 4.79 Å². The van der Waals surface area contributed by atoms with Crippen molar-refractivity contribution in [3.8, 4) is 0 Å². The molecule has 3 heteroatoms. The van der Waals surface area contributed by atoms with Gasteiger partial charge >= 0.3 is 0 Å². The van der Waals surface area contributed by atoms with Gasteiger partial charge in [0.1, 0.15) is 0 Å². The van der Waals surface area contributed by atoms with Crippen molar-refractivity contribution in [1.29, 1.82) is 0 Å². The van der Waals surface area contributed by atoms with Crippen molar-refractivity contribution in [3.63, 3.8) is 0 Å². The first kappa shape index (κ1) is 13.6. The van der Waals surface area contributed by atoms with E-state index in [4.69, 9.17) is 0 Å². The summed E-state index contributed by atoms with van der Waals surface area (Å²) in [5.41, 5.74) is 0.0620. The molecule has 5 aliphatic rings. The normalized spacial score (nSPS) is 42.5. The minimum absolute atomic E-state index is 0.0620. The molecule has 5 rings (SSSR count). The summed E-state index contributed by atoms with van der Waals surface area (Å²) in [4.78, 5) is 15.6. The molecule has 0 N–H and O–H groups in total. The van der Waals surface area contributed by atoms with E-state index in [1.165, 1.54) is 57.8 Å². The SMILES string of the molecule is O=C(N(CCBr)C1CCC1)C12CC3CC(CC(C3)C1)C2. The van der Waals surface area contributed by atoms with E-state index in [9.17, 15) is 4.79 Å². The molecular formula is C17H26BrNO. The molecule has 4 bridgehead atoms. The van der Waals surface area contributed by atoms with Crippen LogP contribution in [-0.4, -0.2) is 28.7 Å². The number of hydrogen-bond acceptors (Lipinski definition) is 1. The highest BCUT2D eigenvalue weighted by molar-refractivity contribution is 9.09. The Morgan fingerprint density at radius 3 is 2.00 bits per heavy atom. The Labute approximate surface area is 130 Å². The monoisotopic (exact) mass is 339 g/mol. The zero-order valence-corrected chi connectivity index (χ0v) is 13.9. The molecule has 0 radical (unpaired) electrons. The molecule has 0 unspecified atom stereocenters. The summed E-state index contributed by atoms with van der Waals surface area (Å²) in [6.45, 7) is 0.922. The topological polar surface area (TPSA) is 20.3 Å². The maximum atomic E-state index is 13.3. The van der Waals surface area contributed by atoms with Gasteiger partial charge in [-0.3, -0.25) is 4.79 Å². The van der Waals surface area contributed by atoms with Crippen LogP contribution in [0.2, 0.25) is 0 Å². The van der Waals surface area contributed by atoms with E-state index in [0.29, 0.717) is 11.9 Å². The molecule has 2 nitrogen and oxygen atoms in total. The number of rotatable bonds is 4. The maximum Gasteiger partial charge on any atom is 0.229 e. The molecular weight excluding hydrogens is 314 g/mol. The van der Waals surface area contributed by atoms with Gasteiger partial charge in [-0.05, 0) is 75.5 Å². The Morgan fingerprint density at radius 2 is 1.60 bits per heavy atom. The Kier molecular flexibility index (Phi) is 3.40. The van der Waals surface area contributed by atoms with E-state index in [2.05, 4.69) is 20.8 Å². The predicted octanol–water partition coefficient (Wildman–Crippen LogP) is 3.98. The molecule has 5 saturated carbocycles. The van der Waals surface area contributed by atoms with Gasteiger partial charge in [0.25, 0.3) is 0 Å². The van der Waals surface area contributed by atoms with Crippen molar-refractivity contribution in [2.45, 2.75) is 63.8 Å². The van der Waals surface area contributed by atoms with Gasteiger partial charge in [0, 0.05) is 17.9 Å². The average molecular weight is 340 g/mol. The molecule has 0 saturated heterocycles. The summed E-state index contributed by atoms with van der Waals surface area (Å²) < 4.78 is 0. The quantitative estimate of drug-likeness (QED) is 0.709. The van der Waals surface area contributed by atoms with E-state index in [-0.39, 0.29) is 5.41 Å². The van der Waals surface area contributed by atoms with Gasteiger partial charge in [0.05, 0.1) is 5.41 Å². The van der Waals surface area contributed by atoms with Crippen LogP contribution in [0, 0.1) is 23.2 Å². The molecule has 0 aromatic carbocycles. The maximum absolute atomic E-state index is 13.3. The first-order chi connectivity index (χ1) is 9.70. The second-order valence-electron chi connectivity index (χ2n) is 7.97. The standard InChI is InChI=1S/C17H26BrNO/c18-4-5-19(15-2-1-3-15)16(20)17-9-12-6-13(10-17)8-14(7-12)11-17/h12-15H,1-11H2. The minimum atomic E-state index is 0.0620. The number of carbonyl (C=O) groups excluding carboxylic acids is 1. The number of hydrogen-bond donors (Lipinski definition) is 0. The highest BCUT2D eigenvalue weighted by Gasteiger charge is 2.56. The summed E-state index contributed by atoms with van der Waals surface area (Å²) >= 11 is 3.56. The molecule has 0 aliphatic heterocycles. The Hall–Kier alpha value is -0.0500. The lowest BCUT2D eigenvalue weighted by atomic mass is 9.49. The van der Waals surface area contributed by atoms with Crippen molar-refractivity contribution in [2.24, 2.45) is 23.2 Å². The summed E-state index contributed by atoms with van der Waals surface area (Å²) in [6.07, 6.45) is 11.7. The lowest BCUT2D eigenvalue weighted by Crippen LogP contribution is -2.57. The largest absolute Gasteiger partial charge is 0.338 e. The summed E-state index contributed by atoms with van der Waals surface area (Å²) in [5, 5.41) is 0.932. The Bertz CT molecular complexity index is 369. The van der Waals surface area contributed by atoms with Crippen molar-refractivity contribution in [3.05, 3.63) is 0 Å². The lowest BCUT2D eigenvalue weighted by Gasteiger charge is -2.57. The molecule has 0 atom stereocenters. The molecule has 1 amide bonds. The van der Waals surface area contributed by atoms with Crippen LogP contribution in [-0.2, 0) is 4.79 Å². The number of halogens is 1. The van der Waals surface area contributed by atoms with Crippen LogP contribution in [0.5, 0.6) is 0 Å². The third-order valence-electron chi connectivity index (χ3n) is 6.59. The van der Waals surface area contributed by atoms with Gasteiger partial charge in [-0.15, -0.1) is 0 Å². The number of amides is 1. The van der Waals surface area contributed by atoms with E-state index >= 15 is 0 Å². The van der Waals surface area contributed by atoms with Gasteiger partial charge < -0.3 is 4.90 Å². The van der Waals surface area contributed by atoms with Crippen molar-refractivity contribution in [2.75, 3.05) is 11.9 Å². The van der Waals surface area contributed by atoms with Crippen LogP contribution in [0.15, 0.2) is 0 Å². The molecule has 5 aliphatic carbocycles. The fourth-order valence-electron chi connectivity index (χ4n) is 5.92. The first-order valence-electron chi connectivity index (χ1n) is 8.57. The Morgan fingerprint density at radius 1 is 1.05 bits per heavy atom. The molecule has 20 heavy (non-hydrogen) atoms. The average Bonchev–Trinajstić information content (AvgIpc) is 2.33. The predicted molar refractivity (Wildman–Crippen MR) is 83.8 cm³/mol. The van der Waals surface area contributed by atoms with Crippen LogP contribution >= 0.6 is 15.9 Å². The van der Waals surface area contributed by atoms with Gasteiger partial charge in [0.2, 0.25) is 5.91 Å². The smallest absolute Gasteiger partial charge is 0.229 e. The Balaban J connectivity index is 1.57. The van der Waals surface area contributed by atoms with E-state index in [0.717, 1.165) is 29.6 Å². The lowest BCUT2D eigenvalue weighted by molar-refractivity contribution is -0.161. The second kappa shape index (κ2) is 5.00. The van der Waals surface area contributed by atoms with Crippen LogP contribution in [0.3, 0.4) is 0 Å². The van der Waals surface area contributed by atoms with Crippen LogP contribution in [0.1, 0.15) is 57.8 Å². The second-order valence-corrected chi connectivity index (χ2v) is 8.76. The highest BCUT2D eigenvalue weighted by atomic mass is 79.9. The minimum Gasteiger partial charge on any atom is -0.338 e. The number of nitrogens with zero attached hydrogens (tertiary/aromatic N) is 1. The molecule has 0 aromatic heterocycles. The van der Waals surface area contributed by atoms with Gasteiger partial charge in [-0.2, -0.15) is 0 Å². The van der Waals surface area contributed by atoms with Crippen LogP contribution in [0.4, 0.5) is 0 Å². The first-order valence-corrected chi connectivity index (χ1v) is 9.69. The molecule has 0 spiro atoms. The third-order valence-corrected chi connectivity index (χ3v) is 6.95. The van der Waals surface area contributed by atoms with Crippen LogP contribution < -0.4 is 0 Å². The van der Waals surface area contributed by atoms with E-state index in [1.807, 2.05) is 0 Å². The molecule has 5 fully saturated rings. The summed E-state index contributed by atoms with van der Waals surface area (Å²) in [7, 11) is 0. The zero-order valence-electron chi connectivity index (χ0n) is 12.3. The van der Waals surface area contributed by atoms with Crippen LogP contribution in [0.25, 0.3) is 0 Å². The van der Waals surface area contributed by atoms with Crippen molar-refractivity contribution in [1.82, 2.24) is 4.90 Å². The van der Waals surface area contributed by atoms with Gasteiger partial charge in [0.15, 0.2) is 0 Å². The summed E-state index contributed by atoms with van der Waals surface area (Å²) in [6, 6.07) is 0.563. The zero-order chi connectivity index (χ0) is 13.7. The molecule has 112 valence electrons. The highest BCUT2D eigenvalue weighted by Crippen LogP contribution is 2.60. The number of alkyl halides is 1. The van der Waals surface area contributed by atoms with Gasteiger partial charge in [-0.1, -0.05) is 15.9 Å². The molecule has 0 heterocycles. The summed E-state index contributed by atoms with van der Waals surface area (Å²) in [5.74, 6) is 3.16. The van der Waals surface area contributed by atoms with E-state index < -0.39 is 0 Å².